The van der Waals surface area contributed by atoms with Gasteiger partial charge in [0.05, 0.1) is 45.6 Å². The summed E-state index contributed by atoms with van der Waals surface area (Å²) >= 11 is 9.74. The molecule has 4 aromatic rings. The molecule has 0 bridgehead atoms. The van der Waals surface area contributed by atoms with Crippen LogP contribution in [0.3, 0.4) is 0 Å². The van der Waals surface area contributed by atoms with E-state index in [0.29, 0.717) is 47.5 Å². The van der Waals surface area contributed by atoms with Gasteiger partial charge in [0.15, 0.2) is 5.82 Å². The van der Waals surface area contributed by atoms with E-state index in [4.69, 9.17) is 23.1 Å². The SMILES string of the molecule is Cc1ncsc1-c1ccc(CCNC(=O)[C@H]2C[C@@H](O)CN2C(=O)[C@H](NC(=O)CCCCCCCCCCN2CCN(CC(=O)Nc3cccc(Sc4ncc(N5CCC(C)(N)CC5)nc4N)c3Cl)CC2)C(C)(C)C)cc1. The van der Waals surface area contributed by atoms with Gasteiger partial charge in [0, 0.05) is 75.6 Å². The minimum atomic E-state index is -0.833. The number of β-amino-alcohol motifs (C(OH)–C–C–N with tert-alkyl or cyclic N) is 1. The van der Waals surface area contributed by atoms with Crippen molar-refractivity contribution in [2.24, 2.45) is 11.1 Å². The predicted octanol–water partition coefficient (Wildman–Crippen LogP) is 7.53. The number of piperazine rings is 1. The Hall–Kier alpha value is -4.89. The Morgan fingerprint density at radius 2 is 1.58 bits per heavy atom. The van der Waals surface area contributed by atoms with E-state index in [-0.39, 0.29) is 42.1 Å². The number of hydrogen-bond donors (Lipinski definition) is 6. The molecule has 3 aliphatic rings. The molecule has 0 saturated carbocycles. The molecular weight excluding hydrogens is 1020 g/mol. The summed E-state index contributed by atoms with van der Waals surface area (Å²) in [6.45, 7) is 16.7. The van der Waals surface area contributed by atoms with E-state index in [2.05, 4.69) is 76.8 Å². The zero-order chi connectivity index (χ0) is 54.4. The number of anilines is 3. The summed E-state index contributed by atoms with van der Waals surface area (Å²) < 4.78 is 0. The third-order valence-corrected chi connectivity index (χ3v) is 17.4. The average molecular weight is 1100 g/mol. The number of carbonyl (C=O) groups is 4. The number of likely N-dealkylation sites (tertiary alicyclic amines) is 1. The van der Waals surface area contributed by atoms with E-state index in [9.17, 15) is 24.3 Å². The molecule has 3 fully saturated rings. The highest BCUT2D eigenvalue weighted by Gasteiger charge is 2.44. The topological polar surface area (TPSA) is 228 Å². The van der Waals surface area contributed by atoms with Crippen LogP contribution in [0.1, 0.15) is 116 Å². The number of aromatic nitrogens is 3. The van der Waals surface area contributed by atoms with Crippen molar-refractivity contribution < 1.29 is 24.3 Å². The normalized spacial score (nSPS) is 18.6. The first kappa shape index (κ1) is 58.8. The van der Waals surface area contributed by atoms with Gasteiger partial charge in [0.2, 0.25) is 23.6 Å². The number of aryl methyl sites for hydroxylation is 1. The van der Waals surface area contributed by atoms with Crippen LogP contribution in [-0.2, 0) is 25.6 Å². The number of carbonyl (C=O) groups excluding carboxylic acids is 4. The standard InChI is InChI=1S/C56H81ClN12O5S2/c1-38-49(75-37-62-38)40-20-18-39(19-21-40)22-25-60-52(73)43-33-41(70)35-69(43)54(74)50(55(2,3)4)65-46(71)17-12-10-8-6-7-9-11-13-26-66-29-31-67(32-30-66)36-47(72)63-42-15-14-16-44(48(42)57)76-53-51(58)64-45(34-61-53)68-27-23-56(5,59)24-28-68/h14-16,18-21,34,37,41,43,50,70H,6-13,17,22-33,35-36,59H2,1-5H3,(H2,58,64)(H,60,73)(H,63,72)(H,65,71)/t41-,43-,50+/m1/s1. The summed E-state index contributed by atoms with van der Waals surface area (Å²) in [6.07, 6.45) is 12.3. The van der Waals surface area contributed by atoms with Crippen LogP contribution in [0, 0.1) is 12.3 Å². The molecule has 76 heavy (non-hydrogen) atoms. The molecule has 3 atom stereocenters. The van der Waals surface area contributed by atoms with Crippen molar-refractivity contribution in [3.05, 3.63) is 70.5 Å². The number of nitrogen functional groups attached to an aromatic ring is 1. The summed E-state index contributed by atoms with van der Waals surface area (Å²) in [5.74, 6) is 0.144. The van der Waals surface area contributed by atoms with Crippen molar-refractivity contribution >= 4 is 75.7 Å². The maximum atomic E-state index is 14.0. The number of piperidine rings is 1. The van der Waals surface area contributed by atoms with Gasteiger partial charge in [-0.2, -0.15) is 0 Å². The lowest BCUT2D eigenvalue weighted by molar-refractivity contribution is -0.144. The molecule has 2 aromatic carbocycles. The quantitative estimate of drug-likeness (QED) is 0.0373. The molecular formula is C56H81ClN12O5S2. The highest BCUT2D eigenvalue weighted by Crippen LogP contribution is 2.39. The van der Waals surface area contributed by atoms with Crippen molar-refractivity contribution in [2.45, 2.75) is 152 Å². The van der Waals surface area contributed by atoms with Gasteiger partial charge in [0.1, 0.15) is 22.9 Å². The molecule has 5 heterocycles. The Bertz CT molecular complexity index is 2560. The number of aliphatic hydroxyl groups is 1. The summed E-state index contributed by atoms with van der Waals surface area (Å²) in [4.78, 5) is 77.6. The van der Waals surface area contributed by atoms with Gasteiger partial charge >= 0.3 is 0 Å². The minimum Gasteiger partial charge on any atom is -0.391 e. The van der Waals surface area contributed by atoms with Crippen LogP contribution in [0.2, 0.25) is 5.02 Å². The number of rotatable bonds is 24. The van der Waals surface area contributed by atoms with Gasteiger partial charge in [-0.25, -0.2) is 15.0 Å². The number of hydrogen-bond acceptors (Lipinski definition) is 15. The average Bonchev–Trinajstić information content (AvgIpc) is 4.00. The maximum Gasteiger partial charge on any atom is 0.246 e. The Morgan fingerprint density at radius 3 is 2.24 bits per heavy atom. The molecule has 7 rings (SSSR count). The second kappa shape index (κ2) is 27.6. The molecule has 8 N–H and O–H groups in total. The summed E-state index contributed by atoms with van der Waals surface area (Å²) in [6, 6.07) is 12.1. The second-order valence-corrected chi connectivity index (χ2v) is 24.6. The van der Waals surface area contributed by atoms with Crippen molar-refractivity contribution in [3.8, 4) is 10.4 Å². The van der Waals surface area contributed by atoms with E-state index in [0.717, 1.165) is 130 Å². The molecule has 20 heteroatoms. The van der Waals surface area contributed by atoms with Crippen molar-refractivity contribution in [1.29, 1.82) is 0 Å². The fourth-order valence-corrected chi connectivity index (χ4v) is 12.0. The number of nitrogens with two attached hydrogens (primary N) is 2. The van der Waals surface area contributed by atoms with Crippen LogP contribution in [0.25, 0.3) is 10.4 Å². The van der Waals surface area contributed by atoms with E-state index in [1.165, 1.54) is 29.5 Å². The number of thiazole rings is 1. The lowest BCUT2D eigenvalue weighted by Gasteiger charge is -2.37. The van der Waals surface area contributed by atoms with E-state index in [1.807, 2.05) is 45.3 Å². The Morgan fingerprint density at radius 1 is 0.908 bits per heavy atom. The molecule has 0 aliphatic carbocycles. The lowest BCUT2D eigenvalue weighted by atomic mass is 9.85. The highest BCUT2D eigenvalue weighted by molar-refractivity contribution is 7.99. The third-order valence-electron chi connectivity index (χ3n) is 14.8. The summed E-state index contributed by atoms with van der Waals surface area (Å²) in [5, 5.41) is 20.6. The smallest absolute Gasteiger partial charge is 0.246 e. The third kappa shape index (κ3) is 17.1. The molecule has 2 aromatic heterocycles. The lowest BCUT2D eigenvalue weighted by Crippen LogP contribution is -2.57. The first-order chi connectivity index (χ1) is 36.3. The first-order valence-electron chi connectivity index (χ1n) is 27.3. The number of amides is 4. The zero-order valence-electron chi connectivity index (χ0n) is 45.3. The molecule has 0 radical (unpaired) electrons. The fourth-order valence-electron chi connectivity index (χ4n) is 10.1. The number of aliphatic hydroxyl groups excluding tert-OH is 1. The van der Waals surface area contributed by atoms with Gasteiger partial charge < -0.3 is 47.2 Å². The van der Waals surface area contributed by atoms with Gasteiger partial charge in [-0.05, 0) is 81.2 Å². The number of benzene rings is 2. The van der Waals surface area contributed by atoms with Crippen molar-refractivity contribution in [3.63, 3.8) is 0 Å². The number of unbranched alkanes of at least 4 members (excludes halogenated alkanes) is 7. The zero-order valence-corrected chi connectivity index (χ0v) is 47.6. The molecule has 3 saturated heterocycles. The number of halogens is 1. The molecule has 414 valence electrons. The Balaban J connectivity index is 0.722. The summed E-state index contributed by atoms with van der Waals surface area (Å²) in [7, 11) is 0. The van der Waals surface area contributed by atoms with E-state index >= 15 is 0 Å². The fraction of sp³-hybridized carbons (Fsp3) is 0.589. The largest absolute Gasteiger partial charge is 0.391 e. The van der Waals surface area contributed by atoms with E-state index in [1.54, 1.807) is 23.6 Å². The second-order valence-electron chi connectivity index (χ2n) is 22.3. The molecule has 0 unspecified atom stereocenters. The molecule has 4 amide bonds. The minimum absolute atomic E-state index is 0.0483. The van der Waals surface area contributed by atoms with Crippen LogP contribution in [0.4, 0.5) is 17.3 Å². The summed E-state index contributed by atoms with van der Waals surface area (Å²) in [5.41, 5.74) is 17.5. The van der Waals surface area contributed by atoms with Crippen molar-refractivity contribution in [2.75, 3.05) is 81.4 Å². The van der Waals surface area contributed by atoms with Crippen LogP contribution < -0.4 is 32.3 Å². The van der Waals surface area contributed by atoms with Crippen LogP contribution in [-0.4, -0.2) is 148 Å². The van der Waals surface area contributed by atoms with Crippen LogP contribution in [0.5, 0.6) is 0 Å². The molecule has 0 spiro atoms. The monoisotopic (exact) mass is 1100 g/mol. The Kier molecular flexibility index (Phi) is 21.4. The van der Waals surface area contributed by atoms with Gasteiger partial charge in [-0.1, -0.05) is 113 Å². The molecule has 3 aliphatic heterocycles. The van der Waals surface area contributed by atoms with Crippen molar-refractivity contribution in [1.82, 2.24) is 40.3 Å². The highest BCUT2D eigenvalue weighted by atomic mass is 35.5. The number of nitrogens with zero attached hydrogens (tertiary/aromatic N) is 7. The van der Waals surface area contributed by atoms with Gasteiger partial charge in [-0.3, -0.25) is 24.1 Å². The predicted molar refractivity (Wildman–Crippen MR) is 306 cm³/mol. The van der Waals surface area contributed by atoms with Gasteiger partial charge in [-0.15, -0.1) is 11.3 Å². The Labute approximate surface area is 463 Å². The maximum absolute atomic E-state index is 14.0. The van der Waals surface area contributed by atoms with Crippen LogP contribution in [0.15, 0.2) is 64.1 Å². The first-order valence-corrected chi connectivity index (χ1v) is 29.3. The van der Waals surface area contributed by atoms with Crippen LogP contribution >= 0.6 is 34.7 Å². The number of nitrogens with one attached hydrogen (secondary N) is 3. The van der Waals surface area contributed by atoms with Gasteiger partial charge in [0.25, 0.3) is 0 Å². The van der Waals surface area contributed by atoms with E-state index < -0.39 is 23.6 Å². The molecule has 17 nitrogen and oxygen atoms in total.